The molecule has 82 valence electrons. The number of carbonyl (C=O) groups excluding carboxylic acids is 1. The third-order valence-corrected chi connectivity index (χ3v) is 3.53. The van der Waals surface area contributed by atoms with Crippen LogP contribution >= 0.6 is 22.9 Å². The lowest BCUT2D eigenvalue weighted by Crippen LogP contribution is -1.81. The SMILES string of the molecule is Cc1nc(-c2ccc(F)c(Cl)c2)sc1C=O. The summed E-state index contributed by atoms with van der Waals surface area (Å²) in [6.07, 6.45) is 0.766. The molecule has 2 aromatic rings. The van der Waals surface area contributed by atoms with E-state index in [1.807, 2.05) is 0 Å². The molecule has 0 saturated heterocycles. The quantitative estimate of drug-likeness (QED) is 0.766. The first-order valence-corrected chi connectivity index (χ1v) is 5.69. The minimum absolute atomic E-state index is 0.0537. The van der Waals surface area contributed by atoms with Crippen molar-refractivity contribution >= 4 is 29.2 Å². The lowest BCUT2D eigenvalue weighted by molar-refractivity contribution is 0.112. The topological polar surface area (TPSA) is 30.0 Å². The monoisotopic (exact) mass is 255 g/mol. The van der Waals surface area contributed by atoms with Gasteiger partial charge in [-0.25, -0.2) is 9.37 Å². The fraction of sp³-hybridized carbons (Fsp3) is 0.0909. The second kappa shape index (κ2) is 4.31. The van der Waals surface area contributed by atoms with E-state index < -0.39 is 5.82 Å². The van der Waals surface area contributed by atoms with Crippen LogP contribution in [0.15, 0.2) is 18.2 Å². The van der Waals surface area contributed by atoms with E-state index in [2.05, 4.69) is 4.98 Å². The van der Waals surface area contributed by atoms with Crippen molar-refractivity contribution in [3.63, 3.8) is 0 Å². The summed E-state index contributed by atoms with van der Waals surface area (Å²) in [6, 6.07) is 4.38. The molecule has 0 saturated carbocycles. The molecule has 0 fully saturated rings. The van der Waals surface area contributed by atoms with E-state index in [0.29, 0.717) is 21.1 Å². The molecule has 1 heterocycles. The standard InChI is InChI=1S/C11H7ClFNOS/c1-6-10(5-15)16-11(14-6)7-2-3-9(13)8(12)4-7/h2-5H,1H3. The predicted octanol–water partition coefficient (Wildman–Crippen LogP) is 3.72. The normalized spacial score (nSPS) is 10.4. The molecule has 16 heavy (non-hydrogen) atoms. The minimum Gasteiger partial charge on any atom is -0.297 e. The Morgan fingerprint density at radius 2 is 2.25 bits per heavy atom. The molecule has 1 aromatic heterocycles. The van der Waals surface area contributed by atoms with Crippen LogP contribution in [0.25, 0.3) is 10.6 Å². The second-order valence-corrected chi connectivity index (χ2v) is 4.65. The van der Waals surface area contributed by atoms with Crippen molar-refractivity contribution in [2.45, 2.75) is 6.92 Å². The molecule has 0 N–H and O–H groups in total. The number of nitrogens with zero attached hydrogens (tertiary/aromatic N) is 1. The predicted molar refractivity (Wildman–Crippen MR) is 62.6 cm³/mol. The van der Waals surface area contributed by atoms with E-state index in [1.54, 1.807) is 13.0 Å². The van der Waals surface area contributed by atoms with Gasteiger partial charge in [0, 0.05) is 5.56 Å². The van der Waals surface area contributed by atoms with Crippen LogP contribution in [0.4, 0.5) is 4.39 Å². The van der Waals surface area contributed by atoms with Crippen molar-refractivity contribution in [3.8, 4) is 10.6 Å². The highest BCUT2D eigenvalue weighted by Gasteiger charge is 2.10. The molecular weight excluding hydrogens is 249 g/mol. The van der Waals surface area contributed by atoms with Crippen LogP contribution in [0.5, 0.6) is 0 Å². The highest BCUT2D eigenvalue weighted by Crippen LogP contribution is 2.29. The molecule has 0 radical (unpaired) electrons. The highest BCUT2D eigenvalue weighted by molar-refractivity contribution is 7.16. The van der Waals surface area contributed by atoms with Crippen LogP contribution in [0, 0.1) is 12.7 Å². The zero-order valence-electron chi connectivity index (χ0n) is 8.33. The summed E-state index contributed by atoms with van der Waals surface area (Å²) in [4.78, 5) is 15.5. The molecule has 0 aliphatic carbocycles. The first kappa shape index (κ1) is 11.2. The van der Waals surface area contributed by atoms with E-state index in [1.165, 1.54) is 23.5 Å². The summed E-state index contributed by atoms with van der Waals surface area (Å²) >= 11 is 6.94. The lowest BCUT2D eigenvalue weighted by Gasteiger charge is -1.97. The number of aromatic nitrogens is 1. The van der Waals surface area contributed by atoms with Gasteiger partial charge in [0.2, 0.25) is 0 Å². The fourth-order valence-corrected chi connectivity index (χ4v) is 2.33. The van der Waals surface area contributed by atoms with Crippen LogP contribution in [-0.4, -0.2) is 11.3 Å². The van der Waals surface area contributed by atoms with Crippen LogP contribution in [0.2, 0.25) is 5.02 Å². The van der Waals surface area contributed by atoms with Crippen molar-refractivity contribution < 1.29 is 9.18 Å². The van der Waals surface area contributed by atoms with Crippen molar-refractivity contribution in [1.29, 1.82) is 0 Å². The minimum atomic E-state index is -0.464. The number of halogens is 2. The zero-order chi connectivity index (χ0) is 11.7. The van der Waals surface area contributed by atoms with Gasteiger partial charge in [0.1, 0.15) is 10.8 Å². The maximum Gasteiger partial charge on any atom is 0.161 e. The van der Waals surface area contributed by atoms with Gasteiger partial charge in [-0.2, -0.15) is 0 Å². The molecule has 0 spiro atoms. The maximum absolute atomic E-state index is 13.0. The summed E-state index contributed by atoms with van der Waals surface area (Å²) in [5.41, 5.74) is 1.39. The fourth-order valence-electron chi connectivity index (χ4n) is 1.27. The Labute approximate surface area is 101 Å². The van der Waals surface area contributed by atoms with Crippen molar-refractivity contribution in [2.75, 3.05) is 0 Å². The molecule has 2 rings (SSSR count). The average molecular weight is 256 g/mol. The summed E-state index contributed by atoms with van der Waals surface area (Å²) in [5, 5.41) is 0.722. The Hall–Kier alpha value is -1.26. The van der Waals surface area contributed by atoms with E-state index in [4.69, 9.17) is 11.6 Å². The lowest BCUT2D eigenvalue weighted by atomic mass is 10.2. The number of thiazole rings is 1. The molecule has 0 bridgehead atoms. The number of aldehydes is 1. The molecule has 0 aliphatic rings. The largest absolute Gasteiger partial charge is 0.297 e. The van der Waals surface area contributed by atoms with Gasteiger partial charge < -0.3 is 0 Å². The number of hydrogen-bond donors (Lipinski definition) is 0. The van der Waals surface area contributed by atoms with E-state index in [-0.39, 0.29) is 5.02 Å². The van der Waals surface area contributed by atoms with Crippen LogP contribution < -0.4 is 0 Å². The zero-order valence-corrected chi connectivity index (χ0v) is 9.90. The number of benzene rings is 1. The van der Waals surface area contributed by atoms with E-state index in [0.717, 1.165) is 6.29 Å². The highest BCUT2D eigenvalue weighted by atomic mass is 35.5. The summed E-state index contributed by atoms with van der Waals surface area (Å²) in [6.45, 7) is 1.76. The molecule has 1 aromatic carbocycles. The molecule has 0 amide bonds. The first-order chi connectivity index (χ1) is 7.61. The second-order valence-electron chi connectivity index (χ2n) is 3.22. The van der Waals surface area contributed by atoms with Gasteiger partial charge in [-0.1, -0.05) is 11.6 Å². The molecule has 2 nitrogen and oxygen atoms in total. The molecule has 0 aliphatic heterocycles. The first-order valence-electron chi connectivity index (χ1n) is 4.50. The Morgan fingerprint density at radius 3 is 2.81 bits per heavy atom. The average Bonchev–Trinajstić information content (AvgIpc) is 2.64. The number of hydrogen-bond acceptors (Lipinski definition) is 3. The number of rotatable bonds is 2. The van der Waals surface area contributed by atoms with E-state index >= 15 is 0 Å². The Morgan fingerprint density at radius 1 is 1.50 bits per heavy atom. The molecule has 5 heteroatoms. The Kier molecular flexibility index (Phi) is 3.03. The summed E-state index contributed by atoms with van der Waals surface area (Å²) in [7, 11) is 0. The third-order valence-electron chi connectivity index (χ3n) is 2.11. The smallest absolute Gasteiger partial charge is 0.161 e. The van der Waals surface area contributed by atoms with Gasteiger partial charge in [0.15, 0.2) is 6.29 Å². The maximum atomic E-state index is 13.0. The van der Waals surface area contributed by atoms with Crippen molar-refractivity contribution in [3.05, 3.63) is 39.6 Å². The van der Waals surface area contributed by atoms with Gasteiger partial charge in [-0.15, -0.1) is 11.3 Å². The number of carbonyl (C=O) groups is 1. The van der Waals surface area contributed by atoms with Gasteiger partial charge in [-0.3, -0.25) is 4.79 Å². The Bertz CT molecular complexity index is 553. The van der Waals surface area contributed by atoms with Gasteiger partial charge in [-0.05, 0) is 25.1 Å². The molecular formula is C11H7ClFNOS. The Balaban J connectivity index is 2.50. The summed E-state index contributed by atoms with van der Waals surface area (Å²) < 4.78 is 13.0. The van der Waals surface area contributed by atoms with Crippen LogP contribution in [-0.2, 0) is 0 Å². The number of aryl methyl sites for hydroxylation is 1. The van der Waals surface area contributed by atoms with Gasteiger partial charge >= 0.3 is 0 Å². The molecule has 0 atom stereocenters. The summed E-state index contributed by atoms with van der Waals surface area (Å²) in [5.74, 6) is -0.464. The van der Waals surface area contributed by atoms with Gasteiger partial charge in [0.25, 0.3) is 0 Å². The van der Waals surface area contributed by atoms with Crippen LogP contribution in [0.1, 0.15) is 15.4 Å². The van der Waals surface area contributed by atoms with Gasteiger partial charge in [0.05, 0.1) is 15.6 Å². The van der Waals surface area contributed by atoms with Crippen molar-refractivity contribution in [1.82, 2.24) is 4.98 Å². The van der Waals surface area contributed by atoms with E-state index in [9.17, 15) is 9.18 Å². The molecule has 0 unspecified atom stereocenters. The van der Waals surface area contributed by atoms with Crippen molar-refractivity contribution in [2.24, 2.45) is 0 Å². The third kappa shape index (κ3) is 1.99. The van der Waals surface area contributed by atoms with Crippen LogP contribution in [0.3, 0.4) is 0 Å².